The van der Waals surface area contributed by atoms with Crippen molar-refractivity contribution in [2.75, 3.05) is 5.88 Å². The molecule has 4 aliphatic rings. The fraction of sp³-hybridized carbons (Fsp3) is 0.833. The predicted octanol–water partition coefficient (Wildman–Crippen LogP) is 1.92. The molecule has 2 atom stereocenters. The number of alkyl halides is 1. The first kappa shape index (κ1) is 10.6. The van der Waals surface area contributed by atoms with Crippen LogP contribution >= 0.6 is 11.6 Å². The highest BCUT2D eigenvalue weighted by atomic mass is 35.5. The number of Topliss-reactive ketones (excluding diaryl/α,β-unsaturated/α-hetero) is 1. The van der Waals surface area contributed by atoms with E-state index in [-0.39, 0.29) is 29.3 Å². The molecule has 4 saturated carbocycles. The van der Waals surface area contributed by atoms with Gasteiger partial charge in [0.15, 0.2) is 0 Å². The smallest absolute Gasteiger partial charge is 0.321 e. The molecule has 0 radical (unpaired) electrons. The van der Waals surface area contributed by atoms with Crippen molar-refractivity contribution in [3.63, 3.8) is 0 Å². The highest BCUT2D eigenvalue weighted by Gasteiger charge is 2.56. The van der Waals surface area contributed by atoms with E-state index in [1.807, 2.05) is 0 Å². The molecule has 0 heterocycles. The van der Waals surface area contributed by atoms with Gasteiger partial charge in [0.05, 0.1) is 0 Å². The number of carbonyl (C=O) groups excluding carboxylic acids is 2. The lowest BCUT2D eigenvalue weighted by atomic mass is 9.53. The highest BCUT2D eigenvalue weighted by Crippen LogP contribution is 2.55. The summed E-state index contributed by atoms with van der Waals surface area (Å²) in [6.45, 7) is 0. The molecule has 3 nitrogen and oxygen atoms in total. The molecule has 0 aliphatic heterocycles. The molecule has 0 aromatic heterocycles. The molecular formula is C12H15ClO3. The number of hydrogen-bond acceptors (Lipinski definition) is 3. The van der Waals surface area contributed by atoms with Gasteiger partial charge in [0.25, 0.3) is 0 Å². The summed E-state index contributed by atoms with van der Waals surface area (Å²) in [5.41, 5.74) is -0.351. The van der Waals surface area contributed by atoms with Gasteiger partial charge in [-0.15, -0.1) is 11.6 Å². The van der Waals surface area contributed by atoms with Gasteiger partial charge in [-0.1, -0.05) is 0 Å². The average molecular weight is 243 g/mol. The van der Waals surface area contributed by atoms with Gasteiger partial charge in [0.1, 0.15) is 17.3 Å². The van der Waals surface area contributed by atoms with Gasteiger partial charge in [-0.3, -0.25) is 9.59 Å². The Morgan fingerprint density at radius 2 is 1.94 bits per heavy atom. The largest absolute Gasteiger partial charge is 0.458 e. The number of rotatable bonds is 2. The lowest BCUT2D eigenvalue weighted by Crippen LogP contribution is -2.56. The van der Waals surface area contributed by atoms with Crippen LogP contribution in [0.4, 0.5) is 0 Å². The summed E-state index contributed by atoms with van der Waals surface area (Å²) in [4.78, 5) is 23.2. The summed E-state index contributed by atoms with van der Waals surface area (Å²) in [7, 11) is 0. The van der Waals surface area contributed by atoms with E-state index in [0.717, 1.165) is 32.1 Å². The summed E-state index contributed by atoms with van der Waals surface area (Å²) >= 11 is 5.48. The van der Waals surface area contributed by atoms with Crippen LogP contribution in [-0.2, 0) is 14.3 Å². The lowest BCUT2D eigenvalue weighted by Gasteiger charge is -2.54. The van der Waals surface area contributed by atoms with Crippen LogP contribution < -0.4 is 0 Å². The highest BCUT2D eigenvalue weighted by molar-refractivity contribution is 6.26. The molecule has 0 amide bonds. The zero-order valence-corrected chi connectivity index (χ0v) is 9.83. The van der Waals surface area contributed by atoms with Crippen molar-refractivity contribution in [1.29, 1.82) is 0 Å². The fourth-order valence-corrected chi connectivity index (χ4v) is 4.12. The summed E-state index contributed by atoms with van der Waals surface area (Å²) in [5, 5.41) is 0. The zero-order chi connectivity index (χ0) is 11.3. The van der Waals surface area contributed by atoms with Crippen molar-refractivity contribution in [1.82, 2.24) is 0 Å². The SMILES string of the molecule is O=C(CCl)OC12CC3CC(C1)C(=O)C(C3)C2. The van der Waals surface area contributed by atoms with Crippen LogP contribution in [0.1, 0.15) is 32.1 Å². The second kappa shape index (κ2) is 3.46. The van der Waals surface area contributed by atoms with Crippen molar-refractivity contribution in [2.45, 2.75) is 37.7 Å². The molecule has 4 rings (SSSR count). The fourth-order valence-electron chi connectivity index (χ4n) is 4.07. The van der Waals surface area contributed by atoms with Gasteiger partial charge in [-0.2, -0.15) is 0 Å². The molecule has 0 aromatic carbocycles. The minimum Gasteiger partial charge on any atom is -0.458 e. The Labute approximate surface area is 99.5 Å². The van der Waals surface area contributed by atoms with Gasteiger partial charge < -0.3 is 4.74 Å². The van der Waals surface area contributed by atoms with Gasteiger partial charge in [0.2, 0.25) is 0 Å². The lowest BCUT2D eigenvalue weighted by molar-refractivity contribution is -0.187. The Kier molecular flexibility index (Phi) is 2.29. The maximum atomic E-state index is 11.9. The maximum absolute atomic E-state index is 11.9. The average Bonchev–Trinajstić information content (AvgIpc) is 2.24. The third-order valence-corrected chi connectivity index (χ3v) is 4.60. The number of hydrogen-bond donors (Lipinski definition) is 0. The summed E-state index contributed by atoms with van der Waals surface area (Å²) < 4.78 is 5.52. The quantitative estimate of drug-likeness (QED) is 0.549. The first-order valence-electron chi connectivity index (χ1n) is 5.93. The molecule has 0 N–H and O–H groups in total. The Bertz CT molecular complexity index is 334. The molecule has 4 heteroatoms. The number of halogens is 1. The van der Waals surface area contributed by atoms with E-state index in [2.05, 4.69) is 0 Å². The Hall–Kier alpha value is -0.570. The summed E-state index contributed by atoms with van der Waals surface area (Å²) in [6.07, 6.45) is 4.43. The molecule has 88 valence electrons. The second-order valence-corrected chi connectivity index (χ2v) is 5.80. The van der Waals surface area contributed by atoms with Crippen LogP contribution in [0.3, 0.4) is 0 Å². The van der Waals surface area contributed by atoms with Crippen LogP contribution in [-0.4, -0.2) is 23.2 Å². The monoisotopic (exact) mass is 242 g/mol. The Balaban J connectivity index is 1.83. The topological polar surface area (TPSA) is 43.4 Å². The van der Waals surface area contributed by atoms with E-state index in [9.17, 15) is 9.59 Å². The molecule has 0 aromatic rings. The summed E-state index contributed by atoms with van der Waals surface area (Å²) in [5.74, 6) is 0.863. The minimum absolute atomic E-state index is 0.0876. The molecule has 0 spiro atoms. The first-order valence-corrected chi connectivity index (χ1v) is 6.47. The molecule has 2 unspecified atom stereocenters. The van der Waals surface area contributed by atoms with Gasteiger partial charge in [0, 0.05) is 11.8 Å². The van der Waals surface area contributed by atoms with Crippen molar-refractivity contribution >= 4 is 23.4 Å². The predicted molar refractivity (Wildman–Crippen MR) is 58.1 cm³/mol. The van der Waals surface area contributed by atoms with Crippen LogP contribution in [0.2, 0.25) is 0 Å². The molecule has 16 heavy (non-hydrogen) atoms. The molecule has 4 aliphatic carbocycles. The van der Waals surface area contributed by atoms with E-state index in [0.29, 0.717) is 11.7 Å². The normalized spacial score (nSPS) is 44.8. The Morgan fingerprint density at radius 3 is 2.50 bits per heavy atom. The van der Waals surface area contributed by atoms with E-state index < -0.39 is 0 Å². The van der Waals surface area contributed by atoms with E-state index in [1.54, 1.807) is 0 Å². The first-order chi connectivity index (χ1) is 7.62. The van der Waals surface area contributed by atoms with Crippen LogP contribution in [0.5, 0.6) is 0 Å². The third-order valence-electron chi connectivity index (χ3n) is 4.38. The van der Waals surface area contributed by atoms with Crippen molar-refractivity contribution < 1.29 is 14.3 Å². The van der Waals surface area contributed by atoms with Gasteiger partial charge in [-0.25, -0.2) is 0 Å². The standard InChI is InChI=1S/C12H15ClO3/c13-6-10(14)16-12-3-7-1-8(4-12)11(15)9(2-7)5-12/h7-9H,1-6H2. The van der Waals surface area contributed by atoms with Crippen LogP contribution in [0, 0.1) is 17.8 Å². The van der Waals surface area contributed by atoms with E-state index >= 15 is 0 Å². The van der Waals surface area contributed by atoms with Gasteiger partial charge in [-0.05, 0) is 38.0 Å². The van der Waals surface area contributed by atoms with Crippen molar-refractivity contribution in [3.05, 3.63) is 0 Å². The number of esters is 1. The van der Waals surface area contributed by atoms with Crippen molar-refractivity contribution in [3.8, 4) is 0 Å². The zero-order valence-electron chi connectivity index (χ0n) is 9.08. The summed E-state index contributed by atoms with van der Waals surface area (Å²) in [6, 6.07) is 0. The number of ketones is 1. The second-order valence-electron chi connectivity index (χ2n) is 5.54. The third kappa shape index (κ3) is 1.48. The molecule has 4 bridgehead atoms. The van der Waals surface area contributed by atoms with Gasteiger partial charge >= 0.3 is 5.97 Å². The maximum Gasteiger partial charge on any atom is 0.321 e. The van der Waals surface area contributed by atoms with Crippen LogP contribution in [0.25, 0.3) is 0 Å². The molecule has 4 fully saturated rings. The number of carbonyl (C=O) groups is 2. The Morgan fingerprint density at radius 1 is 1.31 bits per heavy atom. The van der Waals surface area contributed by atoms with E-state index in [4.69, 9.17) is 16.3 Å². The van der Waals surface area contributed by atoms with E-state index in [1.165, 1.54) is 0 Å². The van der Waals surface area contributed by atoms with Crippen LogP contribution in [0.15, 0.2) is 0 Å². The minimum atomic E-state index is -0.351. The van der Waals surface area contributed by atoms with Crippen molar-refractivity contribution in [2.24, 2.45) is 17.8 Å². The molecule has 0 saturated heterocycles. The molecular weight excluding hydrogens is 228 g/mol. The number of ether oxygens (including phenoxy) is 1.